The van der Waals surface area contributed by atoms with E-state index in [1.807, 2.05) is 36.4 Å². The third-order valence-electron chi connectivity index (χ3n) is 6.42. The van der Waals surface area contributed by atoms with E-state index in [4.69, 9.17) is 0 Å². The van der Waals surface area contributed by atoms with Crippen LogP contribution < -0.4 is 5.32 Å². The Balaban J connectivity index is 1.29. The molecule has 2 aliphatic rings. The summed E-state index contributed by atoms with van der Waals surface area (Å²) in [5.41, 5.74) is 3.13. The van der Waals surface area contributed by atoms with Crippen LogP contribution >= 0.6 is 0 Å². The molecule has 1 N–H and O–H groups in total. The number of nitrogens with zero attached hydrogens (tertiary/aromatic N) is 4. The predicted molar refractivity (Wildman–Crippen MR) is 113 cm³/mol. The van der Waals surface area contributed by atoms with E-state index < -0.39 is 0 Å². The monoisotopic (exact) mass is 389 g/mol. The standard InChI is InChI=1S/C23H27N5O/c29-23(26-18-11-14-27(15-12-18)19-8-4-5-9-19)20-16-25-28-21(10-13-24-22(20)28)17-6-2-1-3-7-17/h1-3,6-7,10,13,16,18-19H,4-5,8-9,11-12,14-15H2,(H,26,29). The lowest BCUT2D eigenvalue weighted by Crippen LogP contribution is -2.47. The van der Waals surface area contributed by atoms with E-state index in [1.165, 1.54) is 25.7 Å². The highest BCUT2D eigenvalue weighted by molar-refractivity contribution is 6.00. The maximum atomic E-state index is 13.0. The lowest BCUT2D eigenvalue weighted by Gasteiger charge is -2.36. The van der Waals surface area contributed by atoms with Crippen LogP contribution in [-0.4, -0.2) is 50.6 Å². The molecule has 0 spiro atoms. The van der Waals surface area contributed by atoms with Crippen molar-refractivity contribution in [2.75, 3.05) is 13.1 Å². The first-order valence-corrected chi connectivity index (χ1v) is 10.7. The van der Waals surface area contributed by atoms with Crippen LogP contribution in [0.5, 0.6) is 0 Å². The number of aromatic nitrogens is 3. The van der Waals surface area contributed by atoms with Crippen molar-refractivity contribution in [2.24, 2.45) is 0 Å². The van der Waals surface area contributed by atoms with Gasteiger partial charge in [0.15, 0.2) is 5.65 Å². The minimum absolute atomic E-state index is 0.0722. The predicted octanol–water partition coefficient (Wildman–Crippen LogP) is 3.53. The van der Waals surface area contributed by atoms with E-state index in [0.717, 1.165) is 43.2 Å². The first-order valence-electron chi connectivity index (χ1n) is 10.7. The second-order valence-electron chi connectivity index (χ2n) is 8.21. The lowest BCUT2D eigenvalue weighted by atomic mass is 10.0. The van der Waals surface area contributed by atoms with Crippen LogP contribution in [-0.2, 0) is 0 Å². The van der Waals surface area contributed by atoms with Crippen molar-refractivity contribution in [3.05, 3.63) is 54.4 Å². The topological polar surface area (TPSA) is 62.5 Å². The summed E-state index contributed by atoms with van der Waals surface area (Å²) in [4.78, 5) is 20.0. The highest BCUT2D eigenvalue weighted by Gasteiger charge is 2.28. The summed E-state index contributed by atoms with van der Waals surface area (Å²) < 4.78 is 1.76. The van der Waals surface area contributed by atoms with Crippen LogP contribution in [0.3, 0.4) is 0 Å². The van der Waals surface area contributed by atoms with E-state index in [0.29, 0.717) is 11.2 Å². The quantitative estimate of drug-likeness (QED) is 0.741. The molecule has 29 heavy (non-hydrogen) atoms. The van der Waals surface area contributed by atoms with E-state index >= 15 is 0 Å². The summed E-state index contributed by atoms with van der Waals surface area (Å²) >= 11 is 0. The molecule has 1 amide bonds. The van der Waals surface area contributed by atoms with Gasteiger partial charge in [-0.3, -0.25) is 4.79 Å². The first kappa shape index (κ1) is 18.3. The molecule has 2 fully saturated rings. The number of fused-ring (bicyclic) bond motifs is 1. The van der Waals surface area contributed by atoms with Crippen molar-refractivity contribution in [1.29, 1.82) is 0 Å². The summed E-state index contributed by atoms with van der Waals surface area (Å²) in [5.74, 6) is -0.0722. The Hall–Kier alpha value is -2.73. The number of nitrogens with one attached hydrogen (secondary N) is 1. The number of benzene rings is 1. The number of carbonyl (C=O) groups excluding carboxylic acids is 1. The van der Waals surface area contributed by atoms with Crippen molar-refractivity contribution in [1.82, 2.24) is 24.8 Å². The molecule has 3 heterocycles. The Bertz CT molecular complexity index is 985. The fourth-order valence-corrected chi connectivity index (χ4v) is 4.82. The second-order valence-corrected chi connectivity index (χ2v) is 8.21. The number of hydrogen-bond donors (Lipinski definition) is 1. The smallest absolute Gasteiger partial charge is 0.256 e. The fourth-order valence-electron chi connectivity index (χ4n) is 4.82. The molecule has 1 aliphatic heterocycles. The molecule has 6 nitrogen and oxygen atoms in total. The maximum Gasteiger partial charge on any atom is 0.256 e. The normalized spacial score (nSPS) is 19.0. The molecule has 0 radical (unpaired) electrons. The first-order chi connectivity index (χ1) is 14.3. The Morgan fingerprint density at radius 1 is 1.00 bits per heavy atom. The average molecular weight is 390 g/mol. The Kier molecular flexibility index (Phi) is 5.02. The van der Waals surface area contributed by atoms with Crippen molar-refractivity contribution in [2.45, 2.75) is 50.6 Å². The second kappa shape index (κ2) is 7.95. The number of piperidine rings is 1. The molecular weight excluding hydrogens is 362 g/mol. The minimum atomic E-state index is -0.0722. The Morgan fingerprint density at radius 2 is 1.76 bits per heavy atom. The number of carbonyl (C=O) groups is 1. The van der Waals surface area contributed by atoms with Gasteiger partial charge in [-0.25, -0.2) is 9.50 Å². The van der Waals surface area contributed by atoms with Crippen LogP contribution in [0.4, 0.5) is 0 Å². The van der Waals surface area contributed by atoms with Crippen molar-refractivity contribution in [3.63, 3.8) is 0 Å². The average Bonchev–Trinajstić information content (AvgIpc) is 3.45. The van der Waals surface area contributed by atoms with Crippen LogP contribution in [0.15, 0.2) is 48.8 Å². The Labute approximate surface area is 170 Å². The van der Waals surface area contributed by atoms with Crippen LogP contribution in [0.25, 0.3) is 16.9 Å². The fraction of sp³-hybridized carbons (Fsp3) is 0.435. The number of hydrogen-bond acceptors (Lipinski definition) is 4. The van der Waals surface area contributed by atoms with Gasteiger partial charge in [0.1, 0.15) is 5.56 Å². The van der Waals surface area contributed by atoms with Crippen molar-refractivity contribution >= 4 is 11.6 Å². The van der Waals surface area contributed by atoms with E-state index in [9.17, 15) is 4.79 Å². The minimum Gasteiger partial charge on any atom is -0.349 e. The third-order valence-corrected chi connectivity index (χ3v) is 6.42. The van der Waals surface area contributed by atoms with Crippen LogP contribution in [0, 0.1) is 0 Å². The number of likely N-dealkylation sites (tertiary alicyclic amines) is 1. The molecule has 1 aromatic carbocycles. The van der Waals surface area contributed by atoms with E-state index in [-0.39, 0.29) is 11.9 Å². The van der Waals surface area contributed by atoms with E-state index in [1.54, 1.807) is 16.9 Å². The summed E-state index contributed by atoms with van der Waals surface area (Å²) in [6.07, 6.45) is 10.8. The summed E-state index contributed by atoms with van der Waals surface area (Å²) in [5, 5.41) is 7.68. The summed E-state index contributed by atoms with van der Waals surface area (Å²) in [6.45, 7) is 2.17. The van der Waals surface area contributed by atoms with Gasteiger partial charge in [-0.15, -0.1) is 0 Å². The van der Waals surface area contributed by atoms with Crippen molar-refractivity contribution in [3.8, 4) is 11.3 Å². The highest BCUT2D eigenvalue weighted by atomic mass is 16.1. The summed E-state index contributed by atoms with van der Waals surface area (Å²) in [6, 6.07) is 13.0. The molecule has 0 unspecified atom stereocenters. The molecule has 6 heteroatoms. The van der Waals surface area contributed by atoms with Crippen LogP contribution in [0.1, 0.15) is 48.9 Å². The third kappa shape index (κ3) is 3.65. The molecule has 5 rings (SSSR count). The van der Waals surface area contributed by atoms with Gasteiger partial charge in [-0.1, -0.05) is 43.2 Å². The van der Waals surface area contributed by atoms with E-state index in [2.05, 4.69) is 20.3 Å². The molecule has 3 aromatic rings. The highest BCUT2D eigenvalue weighted by Crippen LogP contribution is 2.26. The molecule has 1 saturated carbocycles. The van der Waals surface area contributed by atoms with Gasteiger partial charge >= 0.3 is 0 Å². The van der Waals surface area contributed by atoms with Gasteiger partial charge in [-0.05, 0) is 31.7 Å². The number of rotatable bonds is 4. The van der Waals surface area contributed by atoms with Crippen LogP contribution in [0.2, 0.25) is 0 Å². The van der Waals surface area contributed by atoms with Gasteiger partial charge in [0.25, 0.3) is 5.91 Å². The molecule has 1 saturated heterocycles. The Morgan fingerprint density at radius 3 is 2.52 bits per heavy atom. The van der Waals surface area contributed by atoms with Gasteiger partial charge in [0.2, 0.25) is 0 Å². The summed E-state index contributed by atoms with van der Waals surface area (Å²) in [7, 11) is 0. The SMILES string of the molecule is O=C(NC1CCN(C2CCCC2)CC1)c1cnn2c(-c3ccccc3)ccnc12. The van der Waals surface area contributed by atoms with Gasteiger partial charge in [0, 0.05) is 36.9 Å². The van der Waals surface area contributed by atoms with Gasteiger partial charge < -0.3 is 10.2 Å². The molecule has 0 atom stereocenters. The lowest BCUT2D eigenvalue weighted by molar-refractivity contribution is 0.0894. The molecular formula is C23H27N5O. The van der Waals surface area contributed by atoms with Crippen molar-refractivity contribution < 1.29 is 4.79 Å². The maximum absolute atomic E-state index is 13.0. The molecule has 0 bridgehead atoms. The molecule has 1 aliphatic carbocycles. The largest absolute Gasteiger partial charge is 0.349 e. The molecule has 150 valence electrons. The zero-order valence-corrected chi connectivity index (χ0v) is 16.6. The number of amides is 1. The zero-order chi connectivity index (χ0) is 19.6. The molecule has 2 aromatic heterocycles. The zero-order valence-electron chi connectivity index (χ0n) is 16.6. The van der Waals surface area contributed by atoms with Gasteiger partial charge in [-0.2, -0.15) is 5.10 Å². The van der Waals surface area contributed by atoms with Gasteiger partial charge in [0.05, 0.1) is 11.9 Å².